The molecule has 6 heteroatoms. The molecule has 0 spiro atoms. The number of methoxy groups -OCH3 is 1. The first-order valence-corrected chi connectivity index (χ1v) is 5.87. The van der Waals surface area contributed by atoms with Gasteiger partial charge in [-0.3, -0.25) is 10.1 Å². The summed E-state index contributed by atoms with van der Waals surface area (Å²) in [5, 5.41) is 13.8. The van der Waals surface area contributed by atoms with E-state index in [0.29, 0.717) is 18.0 Å². The van der Waals surface area contributed by atoms with Gasteiger partial charge in [-0.25, -0.2) is 0 Å². The zero-order chi connectivity index (χ0) is 13.5. The van der Waals surface area contributed by atoms with Gasteiger partial charge in [0, 0.05) is 25.3 Å². The fraction of sp³-hybridized carbons (Fsp3) is 0.500. The number of nitrogens with two attached hydrogens (primary N) is 1. The summed E-state index contributed by atoms with van der Waals surface area (Å²) < 4.78 is 5.12. The molecule has 1 unspecified atom stereocenters. The Balaban J connectivity index is 2.79. The average Bonchev–Trinajstić information content (AvgIpc) is 2.32. The van der Waals surface area contributed by atoms with Crippen molar-refractivity contribution in [2.24, 2.45) is 0 Å². The predicted molar refractivity (Wildman–Crippen MR) is 71.7 cm³/mol. The molecule has 0 saturated carbocycles. The SMILES string of the molecule is CCCC(COC)Nc1ccc([N+](=O)[O-])cc1N. The first-order chi connectivity index (χ1) is 8.58. The van der Waals surface area contributed by atoms with Crippen LogP contribution in [0.1, 0.15) is 19.8 Å². The molecular weight excluding hydrogens is 234 g/mol. The fourth-order valence-electron chi connectivity index (χ4n) is 1.76. The minimum absolute atomic E-state index is 0.00293. The zero-order valence-corrected chi connectivity index (χ0v) is 10.7. The lowest BCUT2D eigenvalue weighted by atomic mass is 10.1. The Bertz CT molecular complexity index is 404. The molecule has 1 aromatic rings. The van der Waals surface area contributed by atoms with Crippen molar-refractivity contribution in [2.45, 2.75) is 25.8 Å². The first-order valence-electron chi connectivity index (χ1n) is 5.87. The average molecular weight is 253 g/mol. The lowest BCUT2D eigenvalue weighted by Crippen LogP contribution is -2.25. The van der Waals surface area contributed by atoms with Crippen LogP contribution in [0, 0.1) is 10.1 Å². The largest absolute Gasteiger partial charge is 0.397 e. The van der Waals surface area contributed by atoms with Crippen LogP contribution < -0.4 is 11.1 Å². The van der Waals surface area contributed by atoms with Crippen molar-refractivity contribution >= 4 is 17.1 Å². The van der Waals surface area contributed by atoms with Crippen LogP contribution >= 0.6 is 0 Å². The molecule has 18 heavy (non-hydrogen) atoms. The van der Waals surface area contributed by atoms with Gasteiger partial charge in [0.1, 0.15) is 0 Å². The van der Waals surface area contributed by atoms with Crippen LogP contribution in [-0.2, 0) is 4.74 Å². The molecule has 0 radical (unpaired) electrons. The number of nitrogen functional groups attached to an aromatic ring is 1. The number of nitrogens with zero attached hydrogens (tertiary/aromatic N) is 1. The lowest BCUT2D eigenvalue weighted by Gasteiger charge is -2.19. The molecule has 1 rings (SSSR count). The molecule has 0 bridgehead atoms. The van der Waals surface area contributed by atoms with E-state index in [2.05, 4.69) is 12.2 Å². The maximum Gasteiger partial charge on any atom is 0.271 e. The van der Waals surface area contributed by atoms with E-state index in [0.717, 1.165) is 12.8 Å². The van der Waals surface area contributed by atoms with Crippen molar-refractivity contribution in [2.75, 3.05) is 24.8 Å². The second-order valence-electron chi connectivity index (χ2n) is 4.11. The molecule has 3 N–H and O–H groups in total. The van der Waals surface area contributed by atoms with E-state index in [4.69, 9.17) is 10.5 Å². The Kier molecular flexibility index (Phi) is 5.38. The van der Waals surface area contributed by atoms with Gasteiger partial charge in [0.15, 0.2) is 0 Å². The number of nitrogens with one attached hydrogen (secondary N) is 1. The highest BCUT2D eigenvalue weighted by atomic mass is 16.6. The Labute approximate surface area is 106 Å². The third kappa shape index (κ3) is 3.89. The molecule has 0 aromatic heterocycles. The first kappa shape index (κ1) is 14.2. The van der Waals surface area contributed by atoms with Crippen LogP contribution in [0.25, 0.3) is 0 Å². The molecule has 100 valence electrons. The van der Waals surface area contributed by atoms with Crippen molar-refractivity contribution in [3.63, 3.8) is 0 Å². The second kappa shape index (κ2) is 6.80. The van der Waals surface area contributed by atoms with Gasteiger partial charge in [0.05, 0.1) is 22.9 Å². The van der Waals surface area contributed by atoms with Crippen molar-refractivity contribution in [3.8, 4) is 0 Å². The van der Waals surface area contributed by atoms with Gasteiger partial charge in [-0.15, -0.1) is 0 Å². The Morgan fingerprint density at radius 3 is 2.78 bits per heavy atom. The predicted octanol–water partition coefficient (Wildman–Crippen LogP) is 2.40. The van der Waals surface area contributed by atoms with Crippen LogP contribution in [0.15, 0.2) is 18.2 Å². The molecule has 1 aromatic carbocycles. The zero-order valence-electron chi connectivity index (χ0n) is 10.7. The molecule has 0 fully saturated rings. The van der Waals surface area contributed by atoms with E-state index in [1.807, 2.05) is 0 Å². The second-order valence-corrected chi connectivity index (χ2v) is 4.11. The summed E-state index contributed by atoms with van der Waals surface area (Å²) in [6.07, 6.45) is 1.97. The summed E-state index contributed by atoms with van der Waals surface area (Å²) in [6.45, 7) is 2.66. The molecule has 0 aliphatic carbocycles. The smallest absolute Gasteiger partial charge is 0.271 e. The fourth-order valence-corrected chi connectivity index (χ4v) is 1.76. The summed E-state index contributed by atoms with van der Waals surface area (Å²) >= 11 is 0. The van der Waals surface area contributed by atoms with E-state index >= 15 is 0 Å². The number of anilines is 2. The summed E-state index contributed by atoms with van der Waals surface area (Å²) in [7, 11) is 1.64. The number of nitro groups is 1. The number of ether oxygens (including phenoxy) is 1. The number of hydrogen-bond acceptors (Lipinski definition) is 5. The number of rotatable bonds is 7. The third-order valence-corrected chi connectivity index (χ3v) is 2.61. The maximum absolute atomic E-state index is 10.6. The maximum atomic E-state index is 10.6. The van der Waals surface area contributed by atoms with E-state index in [-0.39, 0.29) is 11.7 Å². The summed E-state index contributed by atoms with van der Waals surface area (Å²) in [4.78, 5) is 10.1. The quantitative estimate of drug-likeness (QED) is 0.442. The highest BCUT2D eigenvalue weighted by Crippen LogP contribution is 2.25. The highest BCUT2D eigenvalue weighted by molar-refractivity contribution is 5.69. The minimum Gasteiger partial charge on any atom is -0.397 e. The van der Waals surface area contributed by atoms with E-state index in [1.54, 1.807) is 13.2 Å². The van der Waals surface area contributed by atoms with Crippen molar-refractivity contribution in [1.29, 1.82) is 0 Å². The molecule has 0 amide bonds. The number of benzene rings is 1. The topological polar surface area (TPSA) is 90.4 Å². The number of hydrogen-bond donors (Lipinski definition) is 2. The van der Waals surface area contributed by atoms with Crippen LogP contribution in [0.3, 0.4) is 0 Å². The monoisotopic (exact) mass is 253 g/mol. The van der Waals surface area contributed by atoms with Gasteiger partial charge in [-0.05, 0) is 12.5 Å². The summed E-state index contributed by atoms with van der Waals surface area (Å²) in [6, 6.07) is 4.59. The van der Waals surface area contributed by atoms with Crippen LogP contribution in [-0.4, -0.2) is 24.7 Å². The van der Waals surface area contributed by atoms with Crippen LogP contribution in [0.2, 0.25) is 0 Å². The van der Waals surface area contributed by atoms with Crippen molar-refractivity contribution in [3.05, 3.63) is 28.3 Å². The highest BCUT2D eigenvalue weighted by Gasteiger charge is 2.12. The molecular formula is C12H19N3O3. The molecule has 1 atom stereocenters. The van der Waals surface area contributed by atoms with Gasteiger partial charge in [-0.2, -0.15) is 0 Å². The van der Waals surface area contributed by atoms with Gasteiger partial charge in [0.25, 0.3) is 5.69 Å². The van der Waals surface area contributed by atoms with E-state index in [1.165, 1.54) is 12.1 Å². The number of nitro benzene ring substituents is 1. The molecule has 6 nitrogen and oxygen atoms in total. The summed E-state index contributed by atoms with van der Waals surface area (Å²) in [5.74, 6) is 0. The Morgan fingerprint density at radius 1 is 1.56 bits per heavy atom. The summed E-state index contributed by atoms with van der Waals surface area (Å²) in [5.41, 5.74) is 6.87. The lowest BCUT2D eigenvalue weighted by molar-refractivity contribution is -0.384. The van der Waals surface area contributed by atoms with Gasteiger partial charge in [0.2, 0.25) is 0 Å². The van der Waals surface area contributed by atoms with Gasteiger partial charge >= 0.3 is 0 Å². The van der Waals surface area contributed by atoms with E-state index < -0.39 is 4.92 Å². The van der Waals surface area contributed by atoms with E-state index in [9.17, 15) is 10.1 Å². The Hall–Kier alpha value is -1.82. The number of non-ortho nitro benzene ring substituents is 1. The molecule has 0 heterocycles. The van der Waals surface area contributed by atoms with Crippen molar-refractivity contribution in [1.82, 2.24) is 0 Å². The standard InChI is InChI=1S/C12H19N3O3/c1-3-4-9(8-18-2)14-12-6-5-10(15(16)17)7-11(12)13/h5-7,9,14H,3-4,8,13H2,1-2H3. The molecule has 0 aliphatic heterocycles. The normalized spacial score (nSPS) is 12.1. The van der Waals surface area contributed by atoms with Gasteiger partial charge in [-0.1, -0.05) is 13.3 Å². The van der Waals surface area contributed by atoms with Crippen LogP contribution in [0.5, 0.6) is 0 Å². The van der Waals surface area contributed by atoms with Gasteiger partial charge < -0.3 is 15.8 Å². The molecule has 0 aliphatic rings. The minimum atomic E-state index is -0.460. The Morgan fingerprint density at radius 2 is 2.28 bits per heavy atom. The molecule has 0 saturated heterocycles. The van der Waals surface area contributed by atoms with Crippen LogP contribution in [0.4, 0.5) is 17.1 Å². The third-order valence-electron chi connectivity index (χ3n) is 2.61. The van der Waals surface area contributed by atoms with Crippen molar-refractivity contribution < 1.29 is 9.66 Å².